The summed E-state index contributed by atoms with van der Waals surface area (Å²) in [6.07, 6.45) is 4.17. The molecule has 1 N–H and O–H groups in total. The summed E-state index contributed by atoms with van der Waals surface area (Å²) in [6.45, 7) is 4.82. The molecule has 0 atom stereocenters. The summed E-state index contributed by atoms with van der Waals surface area (Å²) in [5, 5.41) is 3.34. The molecule has 0 aliphatic heterocycles. The van der Waals surface area contributed by atoms with Crippen LogP contribution in [0.5, 0.6) is 0 Å². The molecule has 2 aromatic carbocycles. The molecule has 0 spiro atoms. The van der Waals surface area contributed by atoms with Gasteiger partial charge in [-0.05, 0) is 51.9 Å². The van der Waals surface area contributed by atoms with Gasteiger partial charge in [0.05, 0.1) is 0 Å². The predicted molar refractivity (Wildman–Crippen MR) is 92.3 cm³/mol. The maximum Gasteiger partial charge on any atom is 0.0394 e. The zero-order valence-corrected chi connectivity index (χ0v) is 12.8. The molecule has 96 valence electrons. The third kappa shape index (κ3) is 4.56. The highest BCUT2D eigenvalue weighted by atomic mass is 127. The van der Waals surface area contributed by atoms with Gasteiger partial charge in [0.15, 0.2) is 0 Å². The van der Waals surface area contributed by atoms with E-state index >= 15 is 0 Å². The molecule has 0 aromatic heterocycles. The van der Waals surface area contributed by atoms with Crippen LogP contribution in [0.1, 0.15) is 5.56 Å². The monoisotopic (exact) mass is 361 g/mol. The Bertz CT molecular complexity index is 573. The number of anilines is 1. The second kappa shape index (κ2) is 7.14. The SMILES string of the molecule is C=C(C=Cc1ccccc1I)CNc1ccccc1. The number of benzene rings is 2. The number of hydrogen-bond acceptors (Lipinski definition) is 1. The molecular formula is C17H16IN. The number of rotatable bonds is 5. The van der Waals surface area contributed by atoms with Crippen molar-refractivity contribution < 1.29 is 0 Å². The van der Waals surface area contributed by atoms with E-state index in [0.29, 0.717) is 0 Å². The van der Waals surface area contributed by atoms with Crippen LogP contribution in [0.2, 0.25) is 0 Å². The Hall–Kier alpha value is -1.55. The van der Waals surface area contributed by atoms with Crippen LogP contribution in [0.3, 0.4) is 0 Å². The lowest BCUT2D eigenvalue weighted by Gasteiger charge is -2.05. The van der Waals surface area contributed by atoms with Crippen molar-refractivity contribution in [3.05, 3.63) is 82.0 Å². The van der Waals surface area contributed by atoms with E-state index in [-0.39, 0.29) is 0 Å². The van der Waals surface area contributed by atoms with Crippen molar-refractivity contribution in [2.24, 2.45) is 0 Å². The molecule has 0 saturated heterocycles. The van der Waals surface area contributed by atoms with Gasteiger partial charge < -0.3 is 5.32 Å². The maximum absolute atomic E-state index is 4.06. The fourth-order valence-electron chi connectivity index (χ4n) is 1.65. The van der Waals surface area contributed by atoms with Crippen molar-refractivity contribution in [2.45, 2.75) is 0 Å². The summed E-state index contributed by atoms with van der Waals surface area (Å²) >= 11 is 2.34. The quantitative estimate of drug-likeness (QED) is 0.586. The lowest BCUT2D eigenvalue weighted by atomic mass is 10.1. The number of halogens is 1. The minimum atomic E-state index is 0.754. The average molecular weight is 361 g/mol. The molecule has 0 aliphatic carbocycles. The molecule has 0 aliphatic rings. The van der Waals surface area contributed by atoms with Gasteiger partial charge in [-0.1, -0.05) is 55.1 Å². The van der Waals surface area contributed by atoms with Gasteiger partial charge in [-0.2, -0.15) is 0 Å². The number of hydrogen-bond donors (Lipinski definition) is 1. The van der Waals surface area contributed by atoms with E-state index in [0.717, 1.165) is 17.8 Å². The van der Waals surface area contributed by atoms with Gasteiger partial charge in [0.2, 0.25) is 0 Å². The van der Waals surface area contributed by atoms with E-state index in [4.69, 9.17) is 0 Å². The second-order valence-electron chi connectivity index (χ2n) is 4.23. The summed E-state index contributed by atoms with van der Waals surface area (Å²) in [5.74, 6) is 0. The molecular weight excluding hydrogens is 345 g/mol. The molecule has 19 heavy (non-hydrogen) atoms. The van der Waals surface area contributed by atoms with Crippen LogP contribution >= 0.6 is 22.6 Å². The van der Waals surface area contributed by atoms with E-state index in [2.05, 4.69) is 70.9 Å². The third-order valence-corrected chi connectivity index (χ3v) is 3.68. The van der Waals surface area contributed by atoms with Crippen LogP contribution in [0.25, 0.3) is 6.08 Å². The Morgan fingerprint density at radius 1 is 1.05 bits per heavy atom. The average Bonchev–Trinajstić information content (AvgIpc) is 2.45. The first-order valence-electron chi connectivity index (χ1n) is 6.15. The van der Waals surface area contributed by atoms with E-state index in [1.807, 2.05) is 30.3 Å². The highest BCUT2D eigenvalue weighted by Crippen LogP contribution is 2.14. The van der Waals surface area contributed by atoms with Crippen molar-refractivity contribution in [1.82, 2.24) is 0 Å². The largest absolute Gasteiger partial charge is 0.381 e. The topological polar surface area (TPSA) is 12.0 Å². The van der Waals surface area contributed by atoms with Gasteiger partial charge in [-0.15, -0.1) is 0 Å². The van der Waals surface area contributed by atoms with E-state index in [1.165, 1.54) is 9.13 Å². The van der Waals surface area contributed by atoms with Gasteiger partial charge in [0.25, 0.3) is 0 Å². The first kappa shape index (κ1) is 13.9. The van der Waals surface area contributed by atoms with Crippen LogP contribution in [-0.4, -0.2) is 6.54 Å². The first-order valence-corrected chi connectivity index (χ1v) is 7.23. The Balaban J connectivity index is 1.90. The zero-order chi connectivity index (χ0) is 13.5. The highest BCUT2D eigenvalue weighted by molar-refractivity contribution is 14.1. The molecule has 0 amide bonds. The van der Waals surface area contributed by atoms with E-state index in [9.17, 15) is 0 Å². The third-order valence-electron chi connectivity index (χ3n) is 2.70. The first-order chi connectivity index (χ1) is 9.25. The Morgan fingerprint density at radius 2 is 1.74 bits per heavy atom. The summed E-state index contributed by atoms with van der Waals surface area (Å²) in [6, 6.07) is 18.5. The Morgan fingerprint density at radius 3 is 2.47 bits per heavy atom. The van der Waals surface area contributed by atoms with Crippen molar-refractivity contribution in [1.29, 1.82) is 0 Å². The van der Waals surface area contributed by atoms with Crippen LogP contribution in [-0.2, 0) is 0 Å². The van der Waals surface area contributed by atoms with Crippen molar-refractivity contribution in [3.8, 4) is 0 Å². The maximum atomic E-state index is 4.06. The van der Waals surface area contributed by atoms with Crippen LogP contribution in [0, 0.1) is 3.57 Å². The molecule has 0 fully saturated rings. The predicted octanol–water partition coefficient (Wildman–Crippen LogP) is 4.97. The molecule has 2 aromatic rings. The van der Waals surface area contributed by atoms with Crippen molar-refractivity contribution in [2.75, 3.05) is 11.9 Å². The molecule has 2 heteroatoms. The summed E-state index contributed by atoms with van der Waals surface area (Å²) < 4.78 is 1.25. The molecule has 2 rings (SSSR count). The molecule has 0 heterocycles. The van der Waals surface area contributed by atoms with E-state index in [1.54, 1.807) is 0 Å². The number of nitrogens with one attached hydrogen (secondary N) is 1. The second-order valence-corrected chi connectivity index (χ2v) is 5.39. The van der Waals surface area contributed by atoms with Crippen LogP contribution < -0.4 is 5.32 Å². The summed E-state index contributed by atoms with van der Waals surface area (Å²) in [7, 11) is 0. The van der Waals surface area contributed by atoms with E-state index < -0.39 is 0 Å². The van der Waals surface area contributed by atoms with Gasteiger partial charge >= 0.3 is 0 Å². The van der Waals surface area contributed by atoms with Crippen molar-refractivity contribution >= 4 is 34.4 Å². The highest BCUT2D eigenvalue weighted by Gasteiger charge is 1.94. The fraction of sp³-hybridized carbons (Fsp3) is 0.0588. The fourth-order valence-corrected chi connectivity index (χ4v) is 2.22. The molecule has 1 nitrogen and oxygen atoms in total. The Labute approximate surface area is 128 Å². The summed E-state index contributed by atoms with van der Waals surface area (Å²) in [5.41, 5.74) is 3.40. The molecule has 0 saturated carbocycles. The van der Waals surface area contributed by atoms with Gasteiger partial charge in [-0.3, -0.25) is 0 Å². The lowest BCUT2D eigenvalue weighted by Crippen LogP contribution is -2.01. The normalized spacial score (nSPS) is 10.6. The minimum absolute atomic E-state index is 0.754. The van der Waals surface area contributed by atoms with Crippen LogP contribution in [0.4, 0.5) is 5.69 Å². The lowest BCUT2D eigenvalue weighted by molar-refractivity contribution is 1.27. The minimum Gasteiger partial charge on any atom is -0.381 e. The van der Waals surface area contributed by atoms with Gasteiger partial charge in [-0.25, -0.2) is 0 Å². The van der Waals surface area contributed by atoms with Crippen molar-refractivity contribution in [3.63, 3.8) is 0 Å². The van der Waals surface area contributed by atoms with Crippen LogP contribution in [0.15, 0.2) is 72.8 Å². The standard InChI is InChI=1S/C17H16IN/c1-14(13-19-16-8-3-2-4-9-16)11-12-15-7-5-6-10-17(15)18/h2-12,19H,1,13H2. The molecule has 0 radical (unpaired) electrons. The molecule has 0 unspecified atom stereocenters. The zero-order valence-electron chi connectivity index (χ0n) is 10.6. The van der Waals surface area contributed by atoms with Gasteiger partial charge in [0.1, 0.15) is 0 Å². The molecule has 0 bridgehead atoms. The Kier molecular flexibility index (Phi) is 5.21. The smallest absolute Gasteiger partial charge is 0.0394 e. The summed E-state index contributed by atoms with van der Waals surface area (Å²) in [4.78, 5) is 0. The number of para-hydroxylation sites is 1. The van der Waals surface area contributed by atoms with Gasteiger partial charge in [0, 0.05) is 15.8 Å².